The predicted octanol–water partition coefficient (Wildman–Crippen LogP) is 0.865. The summed E-state index contributed by atoms with van der Waals surface area (Å²) >= 11 is 0. The lowest BCUT2D eigenvalue weighted by molar-refractivity contribution is -0.125. The van der Waals surface area contributed by atoms with Crippen molar-refractivity contribution in [1.82, 2.24) is 0 Å². The first-order chi connectivity index (χ1) is 7.95. The van der Waals surface area contributed by atoms with Crippen LogP contribution in [0.4, 0.5) is 4.39 Å². The number of primary amides is 1. The second-order valence-corrected chi connectivity index (χ2v) is 3.30. The predicted molar refractivity (Wildman–Crippen MR) is 57.0 cm³/mol. The highest BCUT2D eigenvalue weighted by atomic mass is 19.1. The van der Waals surface area contributed by atoms with Crippen molar-refractivity contribution in [2.45, 2.75) is 13.0 Å². The summed E-state index contributed by atoms with van der Waals surface area (Å²) in [5, 5.41) is 0. The minimum absolute atomic E-state index is 0.0172. The number of hydrogen-bond donors (Lipinski definition) is 1. The molecule has 0 aromatic heterocycles. The van der Waals surface area contributed by atoms with E-state index in [9.17, 15) is 14.0 Å². The lowest BCUT2D eigenvalue weighted by Gasteiger charge is -2.10. The van der Waals surface area contributed by atoms with Gasteiger partial charge in [0.2, 0.25) is 0 Å². The highest BCUT2D eigenvalue weighted by Gasteiger charge is 2.17. The molecule has 0 aliphatic carbocycles. The minimum atomic E-state index is -1.06. The monoisotopic (exact) mass is 241 g/mol. The second kappa shape index (κ2) is 5.29. The molecule has 0 bridgehead atoms. The van der Waals surface area contributed by atoms with Gasteiger partial charge < -0.3 is 15.2 Å². The van der Waals surface area contributed by atoms with Gasteiger partial charge >= 0.3 is 5.97 Å². The van der Waals surface area contributed by atoms with Crippen LogP contribution in [0.2, 0.25) is 0 Å². The van der Waals surface area contributed by atoms with Gasteiger partial charge in [0.15, 0.2) is 17.7 Å². The summed E-state index contributed by atoms with van der Waals surface area (Å²) in [6, 6.07) is 3.59. The molecule has 17 heavy (non-hydrogen) atoms. The zero-order valence-electron chi connectivity index (χ0n) is 9.40. The summed E-state index contributed by atoms with van der Waals surface area (Å²) in [6.45, 7) is 1.33. The molecule has 0 saturated carbocycles. The average molecular weight is 241 g/mol. The summed E-state index contributed by atoms with van der Waals surface area (Å²) in [5.74, 6) is -2.26. The molecule has 92 valence electrons. The van der Waals surface area contributed by atoms with Crippen LogP contribution in [0.1, 0.15) is 17.3 Å². The summed E-state index contributed by atoms with van der Waals surface area (Å²) in [6.07, 6.45) is -1.06. The van der Waals surface area contributed by atoms with E-state index in [1.807, 2.05) is 0 Å². The molecule has 0 aliphatic heterocycles. The molecule has 0 fully saturated rings. The number of carbonyl (C=O) groups excluding carboxylic acids is 2. The maximum atomic E-state index is 13.3. The Kier molecular flexibility index (Phi) is 4.03. The summed E-state index contributed by atoms with van der Waals surface area (Å²) < 4.78 is 22.7. The van der Waals surface area contributed by atoms with E-state index >= 15 is 0 Å². The molecule has 1 atom stereocenters. The van der Waals surface area contributed by atoms with Crippen LogP contribution in [0.5, 0.6) is 5.75 Å². The third-order valence-corrected chi connectivity index (χ3v) is 2.07. The normalized spacial score (nSPS) is 11.7. The average Bonchev–Trinajstić information content (AvgIpc) is 2.28. The maximum Gasteiger partial charge on any atom is 0.339 e. The number of rotatable bonds is 4. The van der Waals surface area contributed by atoms with Crippen molar-refractivity contribution in [2.75, 3.05) is 7.11 Å². The smallest absolute Gasteiger partial charge is 0.339 e. The highest BCUT2D eigenvalue weighted by Crippen LogP contribution is 2.18. The maximum absolute atomic E-state index is 13.3. The number of nitrogens with two attached hydrogens (primary N) is 1. The molecule has 0 spiro atoms. The van der Waals surface area contributed by atoms with Crippen molar-refractivity contribution in [2.24, 2.45) is 5.73 Å². The number of benzene rings is 1. The van der Waals surface area contributed by atoms with Gasteiger partial charge in [-0.1, -0.05) is 0 Å². The highest BCUT2D eigenvalue weighted by molar-refractivity contribution is 5.92. The van der Waals surface area contributed by atoms with Crippen molar-refractivity contribution in [3.63, 3.8) is 0 Å². The van der Waals surface area contributed by atoms with Crippen LogP contribution in [-0.4, -0.2) is 25.1 Å². The van der Waals surface area contributed by atoms with Crippen LogP contribution in [0, 0.1) is 5.82 Å². The first-order valence-corrected chi connectivity index (χ1v) is 4.79. The lowest BCUT2D eigenvalue weighted by Crippen LogP contribution is -2.30. The Labute approximate surface area is 97.3 Å². The first-order valence-electron chi connectivity index (χ1n) is 4.79. The Morgan fingerprint density at radius 1 is 1.41 bits per heavy atom. The molecule has 2 N–H and O–H groups in total. The number of halogens is 1. The van der Waals surface area contributed by atoms with E-state index in [1.54, 1.807) is 0 Å². The number of amides is 1. The van der Waals surface area contributed by atoms with Crippen LogP contribution in [0.15, 0.2) is 18.2 Å². The van der Waals surface area contributed by atoms with E-state index in [1.165, 1.54) is 26.2 Å². The summed E-state index contributed by atoms with van der Waals surface area (Å²) in [7, 11) is 1.31. The van der Waals surface area contributed by atoms with Gasteiger partial charge in [0.25, 0.3) is 5.91 Å². The molecule has 5 nitrogen and oxygen atoms in total. The fourth-order valence-corrected chi connectivity index (χ4v) is 1.08. The van der Waals surface area contributed by atoms with Gasteiger partial charge in [-0.25, -0.2) is 9.18 Å². The standard InChI is InChI=1S/C11H12FNO4/c1-6(10(13)14)17-11(15)7-3-4-9(16-2)8(12)5-7/h3-6H,1-2H3,(H2,13,14). The second-order valence-electron chi connectivity index (χ2n) is 3.30. The van der Waals surface area contributed by atoms with Gasteiger partial charge in [-0.2, -0.15) is 0 Å². The molecule has 0 aliphatic rings. The van der Waals surface area contributed by atoms with Crippen LogP contribution < -0.4 is 10.5 Å². The molecule has 0 saturated heterocycles. The molecule has 1 unspecified atom stereocenters. The largest absolute Gasteiger partial charge is 0.494 e. The van der Waals surface area contributed by atoms with Gasteiger partial charge in [0, 0.05) is 0 Å². The molecular weight excluding hydrogens is 229 g/mol. The Hall–Kier alpha value is -2.11. The van der Waals surface area contributed by atoms with Gasteiger partial charge in [-0.05, 0) is 25.1 Å². The third kappa shape index (κ3) is 3.17. The molecule has 6 heteroatoms. The summed E-state index contributed by atoms with van der Waals surface area (Å²) in [5.41, 5.74) is 4.91. The van der Waals surface area contributed by atoms with Crippen molar-refractivity contribution >= 4 is 11.9 Å². The van der Waals surface area contributed by atoms with E-state index in [0.29, 0.717) is 0 Å². The van der Waals surface area contributed by atoms with E-state index in [0.717, 1.165) is 6.07 Å². The Bertz CT molecular complexity index is 447. The number of carbonyl (C=O) groups is 2. The van der Waals surface area contributed by atoms with E-state index in [-0.39, 0.29) is 11.3 Å². The van der Waals surface area contributed by atoms with Crippen molar-refractivity contribution in [3.8, 4) is 5.75 Å². The molecule has 1 amide bonds. The lowest BCUT2D eigenvalue weighted by atomic mass is 10.2. The van der Waals surface area contributed by atoms with Gasteiger partial charge in [-0.3, -0.25) is 4.79 Å². The zero-order valence-corrected chi connectivity index (χ0v) is 9.40. The van der Waals surface area contributed by atoms with Crippen LogP contribution in [-0.2, 0) is 9.53 Å². The Balaban J connectivity index is 2.83. The molecule has 1 rings (SSSR count). The van der Waals surface area contributed by atoms with E-state index in [4.69, 9.17) is 15.2 Å². The zero-order chi connectivity index (χ0) is 13.0. The van der Waals surface area contributed by atoms with Crippen LogP contribution >= 0.6 is 0 Å². The number of ether oxygens (including phenoxy) is 2. The molecule has 1 aromatic carbocycles. The number of esters is 1. The van der Waals surface area contributed by atoms with Gasteiger partial charge in [0.1, 0.15) is 0 Å². The van der Waals surface area contributed by atoms with Gasteiger partial charge in [-0.15, -0.1) is 0 Å². The molecule has 0 radical (unpaired) electrons. The van der Waals surface area contributed by atoms with Crippen molar-refractivity contribution < 1.29 is 23.5 Å². The van der Waals surface area contributed by atoms with Crippen LogP contribution in [0.3, 0.4) is 0 Å². The van der Waals surface area contributed by atoms with Crippen LogP contribution in [0.25, 0.3) is 0 Å². The van der Waals surface area contributed by atoms with E-state index < -0.39 is 23.8 Å². The van der Waals surface area contributed by atoms with E-state index in [2.05, 4.69) is 0 Å². The quantitative estimate of drug-likeness (QED) is 0.793. The Morgan fingerprint density at radius 2 is 2.06 bits per heavy atom. The van der Waals surface area contributed by atoms with Crippen molar-refractivity contribution in [3.05, 3.63) is 29.6 Å². The SMILES string of the molecule is COc1ccc(C(=O)OC(C)C(N)=O)cc1F. The number of methoxy groups -OCH3 is 1. The first kappa shape index (κ1) is 13.0. The number of hydrogen-bond acceptors (Lipinski definition) is 4. The summed E-state index contributed by atoms with van der Waals surface area (Å²) in [4.78, 5) is 22.2. The molecular formula is C11H12FNO4. The molecule has 1 aromatic rings. The fourth-order valence-electron chi connectivity index (χ4n) is 1.08. The third-order valence-electron chi connectivity index (χ3n) is 2.07. The topological polar surface area (TPSA) is 78.6 Å². The van der Waals surface area contributed by atoms with Crippen molar-refractivity contribution in [1.29, 1.82) is 0 Å². The molecule has 0 heterocycles. The Morgan fingerprint density at radius 3 is 2.53 bits per heavy atom. The fraction of sp³-hybridized carbons (Fsp3) is 0.273. The minimum Gasteiger partial charge on any atom is -0.494 e. The van der Waals surface area contributed by atoms with Gasteiger partial charge in [0.05, 0.1) is 12.7 Å².